The van der Waals surface area contributed by atoms with Gasteiger partial charge in [-0.15, -0.1) is 11.3 Å². The quantitative estimate of drug-likeness (QED) is 0.637. The van der Waals surface area contributed by atoms with Crippen LogP contribution in [0.1, 0.15) is 16.0 Å². The Bertz CT molecular complexity index is 592. The smallest absolute Gasteiger partial charge is 0.269 e. The van der Waals surface area contributed by atoms with Gasteiger partial charge in [0.25, 0.3) is 5.69 Å². The molecule has 1 aromatic heterocycles. The van der Waals surface area contributed by atoms with Gasteiger partial charge in [-0.05, 0) is 29.0 Å². The Morgan fingerprint density at radius 2 is 2.05 bits per heavy atom. The number of rotatable bonds is 3. The predicted octanol–water partition coefficient (Wildman–Crippen LogP) is 3.21. The maximum Gasteiger partial charge on any atom is 0.269 e. The van der Waals surface area contributed by atoms with E-state index in [1.165, 1.54) is 10.4 Å². The summed E-state index contributed by atoms with van der Waals surface area (Å²) in [4.78, 5) is 14.1. The van der Waals surface area contributed by atoms with Gasteiger partial charge in [-0.2, -0.15) is 0 Å². The highest BCUT2D eigenvalue weighted by atomic mass is 32.1. The Hall–Kier alpha value is -1.72. The van der Waals surface area contributed by atoms with Gasteiger partial charge in [0.1, 0.15) is 0 Å². The van der Waals surface area contributed by atoms with Gasteiger partial charge in [-0.3, -0.25) is 15.0 Å². The van der Waals surface area contributed by atoms with E-state index in [9.17, 15) is 10.1 Å². The third-order valence-electron chi connectivity index (χ3n) is 3.46. The van der Waals surface area contributed by atoms with Crippen LogP contribution < -0.4 is 0 Å². The molecule has 2 aromatic rings. The van der Waals surface area contributed by atoms with E-state index >= 15 is 0 Å². The number of hydrogen-bond donors (Lipinski definition) is 0. The summed E-state index contributed by atoms with van der Waals surface area (Å²) in [5.74, 6) is 0. The zero-order valence-corrected chi connectivity index (χ0v) is 11.2. The van der Waals surface area contributed by atoms with Crippen molar-refractivity contribution in [1.29, 1.82) is 0 Å². The van der Waals surface area contributed by atoms with Crippen molar-refractivity contribution < 1.29 is 4.92 Å². The Morgan fingerprint density at radius 3 is 2.79 bits per heavy atom. The van der Waals surface area contributed by atoms with Gasteiger partial charge in [0.05, 0.1) is 4.92 Å². The second kappa shape index (κ2) is 5.11. The van der Waals surface area contributed by atoms with Gasteiger partial charge >= 0.3 is 0 Å². The van der Waals surface area contributed by atoms with Crippen LogP contribution in [-0.4, -0.2) is 16.4 Å². The molecule has 19 heavy (non-hydrogen) atoms. The molecule has 0 fully saturated rings. The van der Waals surface area contributed by atoms with Crippen LogP contribution >= 0.6 is 11.3 Å². The maximum atomic E-state index is 10.6. The molecule has 0 bridgehead atoms. The molecule has 2 heterocycles. The first-order valence-corrected chi connectivity index (χ1v) is 7.11. The molecular formula is C14H14N2O2S. The third-order valence-corrected chi connectivity index (χ3v) is 4.40. The predicted molar refractivity (Wildman–Crippen MR) is 75.2 cm³/mol. The van der Waals surface area contributed by atoms with Crippen molar-refractivity contribution in [2.24, 2.45) is 0 Å². The summed E-state index contributed by atoms with van der Waals surface area (Å²) in [6.07, 6.45) is 1.10. The first-order chi connectivity index (χ1) is 9.22. The summed E-state index contributed by atoms with van der Waals surface area (Å²) in [6.45, 7) is 2.90. The highest BCUT2D eigenvalue weighted by Crippen LogP contribution is 2.25. The molecule has 0 N–H and O–H groups in total. The average molecular weight is 274 g/mol. The second-order valence-electron chi connectivity index (χ2n) is 4.75. The van der Waals surface area contributed by atoms with Crippen molar-refractivity contribution in [2.45, 2.75) is 19.5 Å². The number of hydrogen-bond acceptors (Lipinski definition) is 4. The van der Waals surface area contributed by atoms with Crippen LogP contribution in [0.3, 0.4) is 0 Å². The minimum atomic E-state index is -0.359. The SMILES string of the molecule is O=[N+]([O-])c1ccc(CN2CCc3ccsc3C2)cc1. The van der Waals surface area contributed by atoms with Crippen LogP contribution in [0, 0.1) is 10.1 Å². The summed E-state index contributed by atoms with van der Waals surface area (Å²) >= 11 is 1.82. The normalized spacial score (nSPS) is 15.2. The summed E-state index contributed by atoms with van der Waals surface area (Å²) in [7, 11) is 0. The van der Waals surface area contributed by atoms with Crippen LogP contribution in [0.2, 0.25) is 0 Å². The Labute approximate surface area is 115 Å². The van der Waals surface area contributed by atoms with Crippen LogP contribution in [0.4, 0.5) is 5.69 Å². The molecule has 0 atom stereocenters. The van der Waals surface area contributed by atoms with E-state index in [1.807, 2.05) is 23.5 Å². The zero-order chi connectivity index (χ0) is 13.2. The monoisotopic (exact) mass is 274 g/mol. The van der Waals surface area contributed by atoms with Crippen molar-refractivity contribution in [3.63, 3.8) is 0 Å². The first kappa shape index (κ1) is 12.3. The van der Waals surface area contributed by atoms with Crippen LogP contribution in [-0.2, 0) is 19.5 Å². The van der Waals surface area contributed by atoms with E-state index in [0.29, 0.717) is 0 Å². The Kier molecular flexibility index (Phi) is 3.31. The molecule has 3 rings (SSSR count). The number of nitro groups is 1. The Balaban J connectivity index is 1.68. The second-order valence-corrected chi connectivity index (χ2v) is 5.75. The van der Waals surface area contributed by atoms with Crippen molar-refractivity contribution in [2.75, 3.05) is 6.54 Å². The van der Waals surface area contributed by atoms with Gasteiger partial charge in [0, 0.05) is 36.6 Å². The summed E-state index contributed by atoms with van der Waals surface area (Å²) in [5, 5.41) is 12.8. The van der Waals surface area contributed by atoms with E-state index in [-0.39, 0.29) is 10.6 Å². The standard InChI is InChI=1S/C14H14N2O2S/c17-16(18)13-3-1-11(2-4-13)9-15-7-5-12-6-8-19-14(12)10-15/h1-4,6,8H,5,7,9-10H2. The number of nitrogens with zero attached hydrogens (tertiary/aromatic N) is 2. The van der Waals surface area contributed by atoms with Gasteiger partial charge in [-0.25, -0.2) is 0 Å². The number of benzene rings is 1. The largest absolute Gasteiger partial charge is 0.294 e. The fourth-order valence-corrected chi connectivity index (χ4v) is 3.38. The molecule has 0 unspecified atom stereocenters. The minimum Gasteiger partial charge on any atom is -0.294 e. The summed E-state index contributed by atoms with van der Waals surface area (Å²) in [6, 6.07) is 9.07. The van der Waals surface area contributed by atoms with Crippen LogP contribution in [0.5, 0.6) is 0 Å². The molecule has 0 spiro atoms. The maximum absolute atomic E-state index is 10.6. The van der Waals surface area contributed by atoms with Gasteiger partial charge in [0.2, 0.25) is 0 Å². The number of fused-ring (bicyclic) bond motifs is 1. The number of non-ortho nitro benzene ring substituents is 1. The molecule has 98 valence electrons. The van der Waals surface area contributed by atoms with Crippen molar-refractivity contribution >= 4 is 17.0 Å². The molecule has 0 saturated heterocycles. The molecule has 1 aliphatic heterocycles. The summed E-state index contributed by atoms with van der Waals surface area (Å²) in [5.41, 5.74) is 2.76. The lowest BCUT2D eigenvalue weighted by Gasteiger charge is -2.26. The topological polar surface area (TPSA) is 46.4 Å². The lowest BCUT2D eigenvalue weighted by molar-refractivity contribution is -0.384. The number of thiophene rings is 1. The number of nitro benzene ring substituents is 1. The third kappa shape index (κ3) is 2.67. The fraction of sp³-hybridized carbons (Fsp3) is 0.286. The van der Waals surface area contributed by atoms with E-state index < -0.39 is 0 Å². The van der Waals surface area contributed by atoms with E-state index in [4.69, 9.17) is 0 Å². The van der Waals surface area contributed by atoms with Gasteiger partial charge in [-0.1, -0.05) is 12.1 Å². The molecule has 0 radical (unpaired) electrons. The fourth-order valence-electron chi connectivity index (χ4n) is 2.41. The highest BCUT2D eigenvalue weighted by molar-refractivity contribution is 7.10. The van der Waals surface area contributed by atoms with Gasteiger partial charge in [0.15, 0.2) is 0 Å². The lowest BCUT2D eigenvalue weighted by atomic mass is 10.1. The molecule has 0 amide bonds. The van der Waals surface area contributed by atoms with Crippen LogP contribution in [0.25, 0.3) is 0 Å². The molecule has 5 heteroatoms. The van der Waals surface area contributed by atoms with E-state index in [0.717, 1.165) is 31.6 Å². The first-order valence-electron chi connectivity index (χ1n) is 6.23. The lowest BCUT2D eigenvalue weighted by Crippen LogP contribution is -2.28. The molecule has 0 saturated carbocycles. The Morgan fingerprint density at radius 1 is 1.26 bits per heavy atom. The highest BCUT2D eigenvalue weighted by Gasteiger charge is 2.17. The minimum absolute atomic E-state index is 0.155. The van der Waals surface area contributed by atoms with Gasteiger partial charge < -0.3 is 0 Å². The molecular weight excluding hydrogens is 260 g/mol. The van der Waals surface area contributed by atoms with Crippen molar-refractivity contribution in [3.8, 4) is 0 Å². The zero-order valence-electron chi connectivity index (χ0n) is 10.4. The molecule has 0 aliphatic carbocycles. The van der Waals surface area contributed by atoms with E-state index in [1.54, 1.807) is 12.1 Å². The van der Waals surface area contributed by atoms with E-state index in [2.05, 4.69) is 16.3 Å². The van der Waals surface area contributed by atoms with Crippen LogP contribution in [0.15, 0.2) is 35.7 Å². The molecule has 4 nitrogen and oxygen atoms in total. The summed E-state index contributed by atoms with van der Waals surface area (Å²) < 4.78 is 0. The van der Waals surface area contributed by atoms with Crippen molar-refractivity contribution in [3.05, 3.63) is 61.8 Å². The average Bonchev–Trinajstić information content (AvgIpc) is 2.87. The molecule has 1 aromatic carbocycles. The van der Waals surface area contributed by atoms with Crippen molar-refractivity contribution in [1.82, 2.24) is 4.90 Å². The molecule has 1 aliphatic rings.